The molecule has 0 spiro atoms. The number of carbonyl (C=O) groups excluding carboxylic acids is 2. The lowest BCUT2D eigenvalue weighted by Gasteiger charge is -2.35. The van der Waals surface area contributed by atoms with Gasteiger partial charge in [-0.1, -0.05) is 0 Å². The fourth-order valence-electron chi connectivity index (χ4n) is 3.22. The maximum absolute atomic E-state index is 12.6. The van der Waals surface area contributed by atoms with Crippen LogP contribution in [0.3, 0.4) is 0 Å². The standard InChI is InChI=1S/C18H19N7O3S/c1-2-28-17(27)11-10-29-15-13(11)14(22-18(19)23-15)24-5-7-25(8-6-24)16(26)12-9-20-3-4-21-12/h3-4,9-10H,2,5-8H2,1H3,(H2,19,22,23). The largest absolute Gasteiger partial charge is 0.462 e. The molecule has 0 bridgehead atoms. The number of esters is 1. The smallest absolute Gasteiger partial charge is 0.339 e. The number of aromatic nitrogens is 4. The van der Waals surface area contributed by atoms with Gasteiger partial charge < -0.3 is 20.3 Å². The minimum atomic E-state index is -0.412. The molecule has 0 saturated carbocycles. The molecule has 0 radical (unpaired) electrons. The van der Waals surface area contributed by atoms with Crippen molar-refractivity contribution in [2.24, 2.45) is 0 Å². The highest BCUT2D eigenvalue weighted by Crippen LogP contribution is 2.33. The molecule has 29 heavy (non-hydrogen) atoms. The van der Waals surface area contributed by atoms with E-state index in [4.69, 9.17) is 10.5 Å². The zero-order valence-electron chi connectivity index (χ0n) is 15.7. The fourth-order valence-corrected chi connectivity index (χ4v) is 4.13. The summed E-state index contributed by atoms with van der Waals surface area (Å²) in [6, 6.07) is 0. The number of thiophene rings is 1. The molecule has 10 nitrogen and oxygen atoms in total. The topological polar surface area (TPSA) is 127 Å². The van der Waals surface area contributed by atoms with Crippen LogP contribution in [0.15, 0.2) is 24.0 Å². The predicted octanol–water partition coefficient (Wildman–Crippen LogP) is 1.20. The minimum Gasteiger partial charge on any atom is -0.462 e. The summed E-state index contributed by atoms with van der Waals surface area (Å²) in [5, 5.41) is 2.35. The first-order valence-corrected chi connectivity index (χ1v) is 9.98. The average Bonchev–Trinajstić information content (AvgIpc) is 3.17. The Bertz CT molecular complexity index is 1050. The molecule has 2 N–H and O–H groups in total. The molecule has 1 aliphatic heterocycles. The highest BCUT2D eigenvalue weighted by atomic mass is 32.1. The van der Waals surface area contributed by atoms with E-state index in [0.29, 0.717) is 53.5 Å². The monoisotopic (exact) mass is 413 g/mol. The molecule has 3 aromatic heterocycles. The van der Waals surface area contributed by atoms with E-state index in [2.05, 4.69) is 19.9 Å². The van der Waals surface area contributed by atoms with Crippen LogP contribution in [0.25, 0.3) is 10.2 Å². The van der Waals surface area contributed by atoms with Crippen LogP contribution in [0.5, 0.6) is 0 Å². The Kier molecular flexibility index (Phi) is 5.21. The van der Waals surface area contributed by atoms with Gasteiger partial charge in [0.25, 0.3) is 5.91 Å². The van der Waals surface area contributed by atoms with Crippen molar-refractivity contribution in [3.8, 4) is 0 Å². The zero-order valence-corrected chi connectivity index (χ0v) is 16.6. The van der Waals surface area contributed by atoms with Crippen molar-refractivity contribution in [2.75, 3.05) is 43.4 Å². The van der Waals surface area contributed by atoms with Crippen molar-refractivity contribution in [2.45, 2.75) is 6.92 Å². The summed E-state index contributed by atoms with van der Waals surface area (Å²) >= 11 is 1.32. The second-order valence-corrected chi connectivity index (χ2v) is 7.18. The third kappa shape index (κ3) is 3.68. The lowest BCUT2D eigenvalue weighted by atomic mass is 10.2. The zero-order chi connectivity index (χ0) is 20.4. The Morgan fingerprint density at radius 1 is 1.21 bits per heavy atom. The number of nitrogens with two attached hydrogens (primary N) is 1. The SMILES string of the molecule is CCOC(=O)c1csc2nc(N)nc(N3CCN(C(=O)c4cnccn4)CC3)c12. The molecule has 1 fully saturated rings. The van der Waals surface area contributed by atoms with Gasteiger partial charge in [-0.2, -0.15) is 4.98 Å². The molecule has 0 unspecified atom stereocenters. The lowest BCUT2D eigenvalue weighted by molar-refractivity contribution is 0.0529. The first kappa shape index (κ1) is 19.0. The molecule has 3 aromatic rings. The van der Waals surface area contributed by atoms with Gasteiger partial charge in [0, 0.05) is 44.0 Å². The highest BCUT2D eigenvalue weighted by molar-refractivity contribution is 7.17. The maximum atomic E-state index is 12.6. The number of nitrogen functional groups attached to an aromatic ring is 1. The van der Waals surface area contributed by atoms with Gasteiger partial charge in [0.05, 0.1) is 23.8 Å². The van der Waals surface area contributed by atoms with E-state index in [1.165, 1.54) is 29.9 Å². The Balaban J connectivity index is 1.59. The van der Waals surface area contributed by atoms with Crippen LogP contribution in [-0.4, -0.2) is 69.5 Å². The first-order valence-electron chi connectivity index (χ1n) is 9.10. The Morgan fingerprint density at radius 3 is 2.69 bits per heavy atom. The van der Waals surface area contributed by atoms with Crippen LogP contribution >= 0.6 is 11.3 Å². The van der Waals surface area contributed by atoms with Crippen molar-refractivity contribution < 1.29 is 14.3 Å². The summed E-state index contributed by atoms with van der Waals surface area (Å²) in [5.41, 5.74) is 6.64. The number of carbonyl (C=O) groups is 2. The van der Waals surface area contributed by atoms with Gasteiger partial charge in [0.2, 0.25) is 5.95 Å². The third-order valence-electron chi connectivity index (χ3n) is 4.58. The number of hydrogen-bond acceptors (Lipinski definition) is 10. The van der Waals surface area contributed by atoms with Crippen molar-refractivity contribution in [3.05, 3.63) is 35.2 Å². The van der Waals surface area contributed by atoms with Crippen molar-refractivity contribution >= 4 is 45.2 Å². The maximum Gasteiger partial charge on any atom is 0.339 e. The molecule has 1 saturated heterocycles. The van der Waals surface area contributed by atoms with Crippen molar-refractivity contribution in [3.63, 3.8) is 0 Å². The highest BCUT2D eigenvalue weighted by Gasteiger charge is 2.27. The number of hydrogen-bond donors (Lipinski definition) is 1. The summed E-state index contributed by atoms with van der Waals surface area (Å²) in [4.78, 5) is 46.0. The van der Waals surface area contributed by atoms with Crippen LogP contribution < -0.4 is 10.6 Å². The van der Waals surface area contributed by atoms with Crippen LogP contribution in [0.4, 0.5) is 11.8 Å². The van der Waals surface area contributed by atoms with Crippen LogP contribution in [0, 0.1) is 0 Å². The summed E-state index contributed by atoms with van der Waals surface area (Å²) in [7, 11) is 0. The summed E-state index contributed by atoms with van der Waals surface area (Å²) in [6.07, 6.45) is 4.49. The van der Waals surface area contributed by atoms with Crippen molar-refractivity contribution in [1.29, 1.82) is 0 Å². The molecule has 0 aliphatic carbocycles. The molecule has 0 atom stereocenters. The summed E-state index contributed by atoms with van der Waals surface area (Å²) < 4.78 is 5.16. The van der Waals surface area contributed by atoms with E-state index in [9.17, 15) is 9.59 Å². The Labute approximate surface area is 170 Å². The first-order chi connectivity index (χ1) is 14.1. The Morgan fingerprint density at radius 2 is 2.00 bits per heavy atom. The molecule has 0 aromatic carbocycles. The summed E-state index contributed by atoms with van der Waals surface area (Å²) in [6.45, 7) is 4.09. The van der Waals surface area contributed by atoms with E-state index in [0.717, 1.165) is 0 Å². The van der Waals surface area contributed by atoms with Gasteiger partial charge in [0.1, 0.15) is 16.3 Å². The number of fused-ring (bicyclic) bond motifs is 1. The van der Waals surface area contributed by atoms with E-state index in [-0.39, 0.29) is 18.5 Å². The quantitative estimate of drug-likeness (QED) is 0.628. The number of amides is 1. The summed E-state index contributed by atoms with van der Waals surface area (Å²) in [5.74, 6) is 0.156. The van der Waals surface area contributed by atoms with E-state index < -0.39 is 5.97 Å². The average molecular weight is 413 g/mol. The number of rotatable bonds is 4. The van der Waals surface area contributed by atoms with E-state index in [1.54, 1.807) is 17.2 Å². The molecule has 11 heteroatoms. The van der Waals surface area contributed by atoms with Crippen LogP contribution in [0.1, 0.15) is 27.8 Å². The minimum absolute atomic E-state index is 0.142. The van der Waals surface area contributed by atoms with Gasteiger partial charge in [-0.05, 0) is 6.92 Å². The van der Waals surface area contributed by atoms with Gasteiger partial charge in [-0.25, -0.2) is 14.8 Å². The third-order valence-corrected chi connectivity index (χ3v) is 5.45. The normalized spacial score (nSPS) is 14.2. The molecule has 1 aliphatic rings. The number of piperazine rings is 1. The van der Waals surface area contributed by atoms with Gasteiger partial charge in [-0.3, -0.25) is 9.78 Å². The Hall–Kier alpha value is -3.34. The van der Waals surface area contributed by atoms with E-state index in [1.807, 2.05) is 4.90 Å². The van der Waals surface area contributed by atoms with Gasteiger partial charge >= 0.3 is 5.97 Å². The number of ether oxygens (including phenoxy) is 1. The molecular weight excluding hydrogens is 394 g/mol. The predicted molar refractivity (Wildman–Crippen MR) is 108 cm³/mol. The number of anilines is 2. The van der Waals surface area contributed by atoms with Gasteiger partial charge in [-0.15, -0.1) is 11.3 Å². The van der Waals surface area contributed by atoms with Crippen LogP contribution in [-0.2, 0) is 4.74 Å². The lowest BCUT2D eigenvalue weighted by Crippen LogP contribution is -2.49. The van der Waals surface area contributed by atoms with Crippen LogP contribution in [0.2, 0.25) is 0 Å². The molecule has 4 rings (SSSR count). The fraction of sp³-hybridized carbons (Fsp3) is 0.333. The van der Waals surface area contributed by atoms with Gasteiger partial charge in [0.15, 0.2) is 0 Å². The van der Waals surface area contributed by atoms with E-state index >= 15 is 0 Å². The number of nitrogens with zero attached hydrogens (tertiary/aromatic N) is 6. The molecule has 1 amide bonds. The molecule has 150 valence electrons. The molecular formula is C18H19N7O3S. The molecule has 4 heterocycles. The second-order valence-electron chi connectivity index (χ2n) is 6.33. The van der Waals surface area contributed by atoms with Crippen molar-refractivity contribution in [1.82, 2.24) is 24.8 Å². The second kappa shape index (κ2) is 7.95.